The molecule has 10 heteroatoms. The first kappa shape index (κ1) is 13.6. The number of carbonyl (C=O) groups excluding carboxylic acids is 1. The highest BCUT2D eigenvalue weighted by molar-refractivity contribution is 7.99. The van der Waals surface area contributed by atoms with E-state index in [-0.39, 0.29) is 27.8 Å². The predicted molar refractivity (Wildman–Crippen MR) is 64.2 cm³/mol. The van der Waals surface area contributed by atoms with E-state index in [2.05, 4.69) is 20.2 Å². The number of aromatic nitrogens is 4. The second kappa shape index (κ2) is 5.85. The lowest BCUT2D eigenvalue weighted by molar-refractivity contribution is 0.0475. The summed E-state index contributed by atoms with van der Waals surface area (Å²) in [7, 11) is 0. The van der Waals surface area contributed by atoms with Crippen molar-refractivity contribution < 1.29 is 13.9 Å². The first-order valence-corrected chi connectivity index (χ1v) is 6.23. The summed E-state index contributed by atoms with van der Waals surface area (Å²) < 4.78 is 9.75. The Balaban J connectivity index is 2.18. The largest absolute Gasteiger partial charge is 0.459 e. The van der Waals surface area contributed by atoms with Gasteiger partial charge in [-0.2, -0.15) is 0 Å². The standard InChI is InChI=1S/C9H7ClN4O4S/c1-2-17-8(16)6-13-14-9(18-6)19-7-4(10)5(15)11-3-12-7/h3H,2H2,1H3,(H,11,12,15). The molecule has 0 aliphatic heterocycles. The molecule has 2 aromatic heterocycles. The van der Waals surface area contributed by atoms with E-state index in [0.29, 0.717) is 0 Å². The fraction of sp³-hybridized carbons (Fsp3) is 0.222. The highest BCUT2D eigenvalue weighted by atomic mass is 35.5. The maximum absolute atomic E-state index is 11.3. The molecule has 1 N–H and O–H groups in total. The molecule has 100 valence electrons. The fourth-order valence-electron chi connectivity index (χ4n) is 1.05. The third-order valence-corrected chi connectivity index (χ3v) is 3.11. The van der Waals surface area contributed by atoms with Crippen LogP contribution in [0.4, 0.5) is 0 Å². The minimum Gasteiger partial charge on any atom is -0.459 e. The zero-order valence-electron chi connectivity index (χ0n) is 9.55. The molecule has 2 heterocycles. The molecule has 0 aliphatic rings. The minimum absolute atomic E-state index is 0.0306. The second-order valence-corrected chi connectivity index (χ2v) is 4.36. The number of ether oxygens (including phenoxy) is 1. The average molecular weight is 303 g/mol. The molecule has 0 spiro atoms. The van der Waals surface area contributed by atoms with E-state index in [4.69, 9.17) is 20.8 Å². The number of aromatic amines is 1. The molecule has 0 unspecified atom stereocenters. The number of H-pyrrole nitrogens is 1. The van der Waals surface area contributed by atoms with Crippen molar-refractivity contribution >= 4 is 29.3 Å². The van der Waals surface area contributed by atoms with Crippen molar-refractivity contribution in [3.63, 3.8) is 0 Å². The van der Waals surface area contributed by atoms with Crippen molar-refractivity contribution in [1.29, 1.82) is 0 Å². The summed E-state index contributed by atoms with van der Waals surface area (Å²) in [6.07, 6.45) is 1.19. The molecule has 0 amide bonds. The Morgan fingerprint density at radius 1 is 1.58 bits per heavy atom. The third-order valence-electron chi connectivity index (χ3n) is 1.81. The van der Waals surface area contributed by atoms with Crippen molar-refractivity contribution in [3.8, 4) is 0 Å². The highest BCUT2D eigenvalue weighted by Crippen LogP contribution is 2.28. The van der Waals surface area contributed by atoms with E-state index in [0.717, 1.165) is 11.8 Å². The van der Waals surface area contributed by atoms with Crippen LogP contribution in [0.25, 0.3) is 0 Å². The summed E-state index contributed by atoms with van der Waals surface area (Å²) in [5, 5.41) is 7.27. The lowest BCUT2D eigenvalue weighted by atomic mass is 10.7. The SMILES string of the molecule is CCOC(=O)c1nnc(Sc2nc[nH]c(=O)c2Cl)o1. The summed E-state index contributed by atoms with van der Waals surface area (Å²) >= 11 is 6.63. The van der Waals surface area contributed by atoms with Gasteiger partial charge >= 0.3 is 11.9 Å². The highest BCUT2D eigenvalue weighted by Gasteiger charge is 2.18. The van der Waals surface area contributed by atoms with Gasteiger partial charge in [-0.3, -0.25) is 4.79 Å². The number of carbonyl (C=O) groups is 1. The van der Waals surface area contributed by atoms with Crippen molar-refractivity contribution in [2.24, 2.45) is 0 Å². The summed E-state index contributed by atoms with van der Waals surface area (Å²) in [6.45, 7) is 1.86. The van der Waals surface area contributed by atoms with E-state index in [1.54, 1.807) is 6.92 Å². The van der Waals surface area contributed by atoms with Crippen LogP contribution in [-0.2, 0) is 4.74 Å². The quantitative estimate of drug-likeness (QED) is 0.661. The van der Waals surface area contributed by atoms with E-state index in [1.807, 2.05) is 0 Å². The lowest BCUT2D eigenvalue weighted by Gasteiger charge is -1.97. The summed E-state index contributed by atoms with van der Waals surface area (Å²) in [5.74, 6) is -0.989. The molecule has 0 radical (unpaired) electrons. The molecule has 2 aromatic rings. The monoisotopic (exact) mass is 302 g/mol. The number of nitrogens with one attached hydrogen (secondary N) is 1. The minimum atomic E-state index is -0.716. The van der Waals surface area contributed by atoms with Gasteiger partial charge in [0.15, 0.2) is 0 Å². The Hall–Kier alpha value is -1.87. The fourth-order valence-corrected chi connectivity index (χ4v) is 1.92. The van der Waals surface area contributed by atoms with Crippen LogP contribution in [0.3, 0.4) is 0 Å². The van der Waals surface area contributed by atoms with Gasteiger partial charge in [0.25, 0.3) is 10.8 Å². The Morgan fingerprint density at radius 2 is 2.37 bits per heavy atom. The van der Waals surface area contributed by atoms with Gasteiger partial charge < -0.3 is 14.1 Å². The molecule has 0 saturated heterocycles. The molecule has 0 fully saturated rings. The average Bonchev–Trinajstić information content (AvgIpc) is 2.84. The molecular formula is C9H7ClN4O4S. The molecule has 19 heavy (non-hydrogen) atoms. The van der Waals surface area contributed by atoms with E-state index in [9.17, 15) is 9.59 Å². The number of hydrogen-bond acceptors (Lipinski definition) is 8. The van der Waals surface area contributed by atoms with Gasteiger partial charge in [-0.1, -0.05) is 16.7 Å². The van der Waals surface area contributed by atoms with Crippen molar-refractivity contribution in [2.75, 3.05) is 6.61 Å². The van der Waals surface area contributed by atoms with Crippen LogP contribution in [0.2, 0.25) is 5.02 Å². The van der Waals surface area contributed by atoms with Crippen LogP contribution in [0.15, 0.2) is 25.8 Å². The van der Waals surface area contributed by atoms with Gasteiger partial charge in [0, 0.05) is 0 Å². The van der Waals surface area contributed by atoms with E-state index in [1.165, 1.54) is 6.33 Å². The van der Waals surface area contributed by atoms with Crippen molar-refractivity contribution in [1.82, 2.24) is 20.2 Å². The van der Waals surface area contributed by atoms with Crippen LogP contribution in [-0.4, -0.2) is 32.7 Å². The number of nitrogens with zero attached hydrogens (tertiary/aromatic N) is 3. The van der Waals surface area contributed by atoms with Crippen molar-refractivity contribution in [2.45, 2.75) is 17.2 Å². The number of esters is 1. The maximum Gasteiger partial charge on any atom is 0.396 e. The normalized spacial score (nSPS) is 10.4. The number of halogens is 1. The molecular weight excluding hydrogens is 296 g/mol. The predicted octanol–water partition coefficient (Wildman–Crippen LogP) is 1.13. The van der Waals surface area contributed by atoms with Gasteiger partial charge in [0.05, 0.1) is 12.9 Å². The molecule has 0 atom stereocenters. The molecule has 0 aromatic carbocycles. The van der Waals surface area contributed by atoms with E-state index < -0.39 is 11.5 Å². The van der Waals surface area contributed by atoms with Crippen LogP contribution in [0, 0.1) is 0 Å². The Labute approximate surface area is 115 Å². The Morgan fingerprint density at radius 3 is 3.11 bits per heavy atom. The van der Waals surface area contributed by atoms with Gasteiger partial charge in [0.2, 0.25) is 0 Å². The van der Waals surface area contributed by atoms with Crippen molar-refractivity contribution in [3.05, 3.63) is 27.6 Å². The molecule has 8 nitrogen and oxygen atoms in total. The zero-order chi connectivity index (χ0) is 13.8. The topological polar surface area (TPSA) is 111 Å². The molecule has 0 bridgehead atoms. The lowest BCUT2D eigenvalue weighted by Crippen LogP contribution is -2.07. The molecule has 0 saturated carbocycles. The number of rotatable bonds is 4. The molecule has 2 rings (SSSR count). The van der Waals surface area contributed by atoms with E-state index >= 15 is 0 Å². The molecule has 0 aliphatic carbocycles. The second-order valence-electron chi connectivity index (χ2n) is 3.05. The van der Waals surface area contributed by atoms with Crippen LogP contribution < -0.4 is 5.56 Å². The van der Waals surface area contributed by atoms with Crippen LogP contribution in [0.5, 0.6) is 0 Å². The van der Waals surface area contributed by atoms with Gasteiger partial charge in [-0.25, -0.2) is 9.78 Å². The Kier molecular flexibility index (Phi) is 4.17. The van der Waals surface area contributed by atoms with Gasteiger partial charge in [0.1, 0.15) is 10.0 Å². The first-order valence-electron chi connectivity index (χ1n) is 5.03. The Bertz CT molecular complexity index is 656. The maximum atomic E-state index is 11.3. The van der Waals surface area contributed by atoms with Gasteiger partial charge in [-0.15, -0.1) is 5.10 Å². The summed E-state index contributed by atoms with van der Waals surface area (Å²) in [4.78, 5) is 28.7. The van der Waals surface area contributed by atoms with Crippen LogP contribution in [0.1, 0.15) is 17.6 Å². The zero-order valence-corrected chi connectivity index (χ0v) is 11.1. The van der Waals surface area contributed by atoms with Crippen LogP contribution >= 0.6 is 23.4 Å². The number of hydrogen-bond donors (Lipinski definition) is 1. The smallest absolute Gasteiger partial charge is 0.396 e. The summed E-state index contributed by atoms with van der Waals surface area (Å²) in [6, 6.07) is 0. The summed E-state index contributed by atoms with van der Waals surface area (Å²) in [5.41, 5.74) is -0.482. The third kappa shape index (κ3) is 3.12. The first-order chi connectivity index (χ1) is 9.11. The van der Waals surface area contributed by atoms with Gasteiger partial charge in [-0.05, 0) is 18.7 Å².